The van der Waals surface area contributed by atoms with E-state index in [9.17, 15) is 9.18 Å². The SMILES string of the molecule is Cc1ccc(C(=O)Nc2ccc(C#N)cc2F)o1. The third kappa shape index (κ3) is 2.38. The zero-order valence-electron chi connectivity index (χ0n) is 9.53. The van der Waals surface area contributed by atoms with Crippen LogP contribution < -0.4 is 5.32 Å². The number of halogens is 1. The third-order valence-corrected chi connectivity index (χ3v) is 2.31. The minimum Gasteiger partial charge on any atom is -0.456 e. The highest BCUT2D eigenvalue weighted by Gasteiger charge is 2.12. The highest BCUT2D eigenvalue weighted by atomic mass is 19.1. The topological polar surface area (TPSA) is 66.0 Å². The molecule has 1 heterocycles. The second-order valence-corrected chi connectivity index (χ2v) is 3.67. The molecule has 0 aliphatic carbocycles. The Morgan fingerprint density at radius 2 is 2.17 bits per heavy atom. The van der Waals surface area contributed by atoms with Crippen LogP contribution in [0.3, 0.4) is 0 Å². The van der Waals surface area contributed by atoms with Crippen molar-refractivity contribution < 1.29 is 13.6 Å². The maximum atomic E-state index is 13.5. The number of hydrogen-bond acceptors (Lipinski definition) is 3. The Balaban J connectivity index is 2.20. The van der Waals surface area contributed by atoms with Crippen LogP contribution in [0, 0.1) is 24.1 Å². The Labute approximate surface area is 103 Å². The smallest absolute Gasteiger partial charge is 0.291 e. The molecule has 1 N–H and O–H groups in total. The number of aryl methyl sites for hydroxylation is 1. The molecular weight excluding hydrogens is 235 g/mol. The van der Waals surface area contributed by atoms with Crippen LogP contribution in [0.4, 0.5) is 10.1 Å². The van der Waals surface area contributed by atoms with Crippen LogP contribution >= 0.6 is 0 Å². The van der Waals surface area contributed by atoms with Gasteiger partial charge in [-0.1, -0.05) is 0 Å². The Hall–Kier alpha value is -2.61. The summed E-state index contributed by atoms with van der Waals surface area (Å²) in [5, 5.41) is 11.0. The van der Waals surface area contributed by atoms with Crippen LogP contribution in [0.15, 0.2) is 34.7 Å². The van der Waals surface area contributed by atoms with Crippen molar-refractivity contribution in [3.05, 3.63) is 53.2 Å². The van der Waals surface area contributed by atoms with Gasteiger partial charge in [0.25, 0.3) is 5.91 Å². The maximum absolute atomic E-state index is 13.5. The lowest BCUT2D eigenvalue weighted by molar-refractivity contribution is 0.0995. The molecular formula is C13H9FN2O2. The van der Waals surface area contributed by atoms with E-state index >= 15 is 0 Å². The Kier molecular flexibility index (Phi) is 3.11. The number of hydrogen-bond donors (Lipinski definition) is 1. The van der Waals surface area contributed by atoms with Crippen LogP contribution in [0.5, 0.6) is 0 Å². The van der Waals surface area contributed by atoms with Gasteiger partial charge in [-0.3, -0.25) is 4.79 Å². The number of amides is 1. The lowest BCUT2D eigenvalue weighted by Crippen LogP contribution is -2.12. The van der Waals surface area contributed by atoms with E-state index in [0.717, 1.165) is 6.07 Å². The fourth-order valence-corrected chi connectivity index (χ4v) is 1.43. The molecule has 0 saturated heterocycles. The summed E-state index contributed by atoms with van der Waals surface area (Å²) < 4.78 is 18.6. The van der Waals surface area contributed by atoms with Crippen molar-refractivity contribution in [2.24, 2.45) is 0 Å². The van der Waals surface area contributed by atoms with Crippen molar-refractivity contribution in [3.8, 4) is 6.07 Å². The third-order valence-electron chi connectivity index (χ3n) is 2.31. The molecule has 4 nitrogen and oxygen atoms in total. The molecule has 0 saturated carbocycles. The second kappa shape index (κ2) is 4.72. The van der Waals surface area contributed by atoms with Gasteiger partial charge in [0.2, 0.25) is 0 Å². The first-order valence-corrected chi connectivity index (χ1v) is 5.17. The average Bonchev–Trinajstić information content (AvgIpc) is 2.78. The lowest BCUT2D eigenvalue weighted by Gasteiger charge is -2.04. The normalized spacial score (nSPS) is 9.83. The summed E-state index contributed by atoms with van der Waals surface area (Å²) in [5.74, 6) is -0.492. The van der Waals surface area contributed by atoms with Crippen molar-refractivity contribution in [2.75, 3.05) is 5.32 Å². The summed E-state index contributed by atoms with van der Waals surface area (Å²) in [6, 6.07) is 8.78. The predicted octanol–water partition coefficient (Wildman–Crippen LogP) is 2.85. The van der Waals surface area contributed by atoms with E-state index in [2.05, 4.69) is 5.32 Å². The molecule has 1 aromatic heterocycles. The first-order valence-electron chi connectivity index (χ1n) is 5.17. The molecule has 0 spiro atoms. The number of rotatable bonds is 2. The number of furan rings is 1. The summed E-state index contributed by atoms with van der Waals surface area (Å²) in [5.41, 5.74) is 0.201. The van der Waals surface area contributed by atoms with Gasteiger partial charge in [0.1, 0.15) is 11.6 Å². The van der Waals surface area contributed by atoms with Gasteiger partial charge in [-0.2, -0.15) is 5.26 Å². The number of anilines is 1. The number of nitrogens with zero attached hydrogens (tertiary/aromatic N) is 1. The van der Waals surface area contributed by atoms with E-state index in [0.29, 0.717) is 5.76 Å². The first-order chi connectivity index (χ1) is 8.60. The van der Waals surface area contributed by atoms with E-state index in [1.54, 1.807) is 13.0 Å². The highest BCUT2D eigenvalue weighted by molar-refractivity contribution is 6.02. The first kappa shape index (κ1) is 11.9. The van der Waals surface area contributed by atoms with Gasteiger partial charge in [0, 0.05) is 0 Å². The van der Waals surface area contributed by atoms with E-state index in [1.165, 1.54) is 18.2 Å². The van der Waals surface area contributed by atoms with Crippen molar-refractivity contribution in [2.45, 2.75) is 6.92 Å². The van der Waals surface area contributed by atoms with E-state index in [1.807, 2.05) is 6.07 Å². The minimum atomic E-state index is -0.661. The fraction of sp³-hybridized carbons (Fsp3) is 0.0769. The molecule has 0 fully saturated rings. The molecule has 2 aromatic rings. The van der Waals surface area contributed by atoms with Gasteiger partial charge in [-0.15, -0.1) is 0 Å². The number of nitrogens with one attached hydrogen (secondary N) is 1. The van der Waals surface area contributed by atoms with Gasteiger partial charge in [0.15, 0.2) is 5.76 Å². The van der Waals surface area contributed by atoms with E-state index < -0.39 is 11.7 Å². The summed E-state index contributed by atoms with van der Waals surface area (Å²) in [7, 11) is 0. The molecule has 18 heavy (non-hydrogen) atoms. The van der Waals surface area contributed by atoms with E-state index in [4.69, 9.17) is 9.68 Å². The monoisotopic (exact) mass is 244 g/mol. The molecule has 5 heteroatoms. The van der Waals surface area contributed by atoms with Crippen molar-refractivity contribution in [3.63, 3.8) is 0 Å². The molecule has 2 rings (SSSR count). The standard InChI is InChI=1S/C13H9FN2O2/c1-8-2-5-12(18-8)13(17)16-11-4-3-9(7-15)6-10(11)14/h2-6H,1H3,(H,16,17). The molecule has 0 atom stereocenters. The van der Waals surface area contributed by atoms with Crippen LogP contribution in [0.2, 0.25) is 0 Å². The average molecular weight is 244 g/mol. The summed E-state index contributed by atoms with van der Waals surface area (Å²) in [6.45, 7) is 1.71. The molecule has 90 valence electrons. The van der Waals surface area contributed by atoms with Gasteiger partial charge in [0.05, 0.1) is 17.3 Å². The highest BCUT2D eigenvalue weighted by Crippen LogP contribution is 2.17. The second-order valence-electron chi connectivity index (χ2n) is 3.67. The van der Waals surface area contributed by atoms with E-state index in [-0.39, 0.29) is 17.0 Å². The molecule has 0 aliphatic rings. The molecule has 0 bridgehead atoms. The van der Waals surface area contributed by atoms with Crippen LogP contribution in [-0.4, -0.2) is 5.91 Å². The number of nitriles is 1. The summed E-state index contributed by atoms with van der Waals surface area (Å²) >= 11 is 0. The van der Waals surface area contributed by atoms with Crippen molar-refractivity contribution in [1.29, 1.82) is 5.26 Å². The van der Waals surface area contributed by atoms with Crippen molar-refractivity contribution >= 4 is 11.6 Å². The minimum absolute atomic E-state index is 0.00746. The summed E-state index contributed by atoms with van der Waals surface area (Å²) in [6.07, 6.45) is 0. The molecule has 0 radical (unpaired) electrons. The Morgan fingerprint density at radius 3 is 2.72 bits per heavy atom. The van der Waals surface area contributed by atoms with Gasteiger partial charge in [-0.05, 0) is 37.3 Å². The van der Waals surface area contributed by atoms with Crippen LogP contribution in [-0.2, 0) is 0 Å². The Morgan fingerprint density at radius 1 is 1.39 bits per heavy atom. The largest absolute Gasteiger partial charge is 0.456 e. The van der Waals surface area contributed by atoms with Crippen molar-refractivity contribution in [1.82, 2.24) is 0 Å². The van der Waals surface area contributed by atoms with Gasteiger partial charge >= 0.3 is 0 Å². The molecule has 1 aromatic carbocycles. The van der Waals surface area contributed by atoms with Crippen LogP contribution in [0.25, 0.3) is 0 Å². The zero-order valence-corrected chi connectivity index (χ0v) is 9.53. The summed E-state index contributed by atoms with van der Waals surface area (Å²) in [4.78, 5) is 11.7. The van der Waals surface area contributed by atoms with Gasteiger partial charge in [-0.25, -0.2) is 4.39 Å². The zero-order chi connectivity index (χ0) is 13.1. The van der Waals surface area contributed by atoms with Gasteiger partial charge < -0.3 is 9.73 Å². The number of benzene rings is 1. The predicted molar refractivity (Wildman–Crippen MR) is 62.5 cm³/mol. The number of carbonyl (C=O) groups is 1. The molecule has 0 aliphatic heterocycles. The number of carbonyl (C=O) groups excluding carboxylic acids is 1. The quantitative estimate of drug-likeness (QED) is 0.883. The fourth-order valence-electron chi connectivity index (χ4n) is 1.43. The van der Waals surface area contributed by atoms with Crippen LogP contribution in [0.1, 0.15) is 21.9 Å². The Bertz CT molecular complexity index is 641. The molecule has 0 unspecified atom stereocenters. The maximum Gasteiger partial charge on any atom is 0.291 e. The lowest BCUT2D eigenvalue weighted by atomic mass is 10.2. The molecule has 1 amide bonds.